The Morgan fingerprint density at radius 1 is 1.19 bits per heavy atom. The molecule has 2 aliphatic rings. The van der Waals surface area contributed by atoms with E-state index in [4.69, 9.17) is 4.74 Å². The summed E-state index contributed by atoms with van der Waals surface area (Å²) >= 11 is 3.19. The van der Waals surface area contributed by atoms with Crippen molar-refractivity contribution in [2.24, 2.45) is 0 Å². The van der Waals surface area contributed by atoms with Crippen LogP contribution in [0.15, 0.2) is 41.3 Å². The Bertz CT molecular complexity index is 783. The number of hydrogen-bond donors (Lipinski definition) is 0. The number of esters is 1. The summed E-state index contributed by atoms with van der Waals surface area (Å²) in [6.45, 7) is 6.38. The molecule has 0 N–H and O–H groups in total. The van der Waals surface area contributed by atoms with Gasteiger partial charge in [-0.3, -0.25) is 0 Å². The maximum Gasteiger partial charge on any atom is 0.332 e. The van der Waals surface area contributed by atoms with Gasteiger partial charge in [-0.25, -0.2) is 13.2 Å². The van der Waals surface area contributed by atoms with Gasteiger partial charge in [0.15, 0.2) is 4.08 Å². The zero-order valence-electron chi connectivity index (χ0n) is 14.8. The Morgan fingerprint density at radius 3 is 2.50 bits per heavy atom. The molecule has 0 saturated carbocycles. The molecule has 0 atom stereocenters. The van der Waals surface area contributed by atoms with Crippen molar-refractivity contribution in [3.8, 4) is 0 Å². The standard InChI is InChI=1S/C18H23NO4S3/c1-14-4-6-16(7-5-14)26(21,22)19-8-9-23-17(20)18(12-15(2)13-19)24-10-3-11-25-18/h4-7H,2-3,8-13H2,1H3. The molecule has 0 aliphatic carbocycles. The van der Waals surface area contributed by atoms with E-state index in [9.17, 15) is 13.2 Å². The first-order chi connectivity index (χ1) is 12.3. The maximum absolute atomic E-state index is 13.0. The van der Waals surface area contributed by atoms with Crippen LogP contribution in [-0.4, -0.2) is 54.0 Å². The number of carbonyl (C=O) groups is 1. The summed E-state index contributed by atoms with van der Waals surface area (Å²) < 4.78 is 32.2. The maximum atomic E-state index is 13.0. The number of hydrogen-bond acceptors (Lipinski definition) is 6. The molecule has 0 aromatic heterocycles. The molecular formula is C18H23NO4S3. The lowest BCUT2D eigenvalue weighted by Gasteiger charge is -2.33. The van der Waals surface area contributed by atoms with Gasteiger partial charge in [-0.2, -0.15) is 4.31 Å². The van der Waals surface area contributed by atoms with Gasteiger partial charge in [-0.15, -0.1) is 23.5 Å². The molecule has 0 radical (unpaired) electrons. The molecule has 0 unspecified atom stereocenters. The number of thioether (sulfide) groups is 2. The number of carbonyl (C=O) groups excluding carboxylic acids is 1. The van der Waals surface area contributed by atoms with Crippen molar-refractivity contribution in [3.63, 3.8) is 0 Å². The molecular weight excluding hydrogens is 390 g/mol. The number of aryl methyl sites for hydroxylation is 1. The highest BCUT2D eigenvalue weighted by Gasteiger charge is 2.44. The van der Waals surface area contributed by atoms with Crippen LogP contribution in [0, 0.1) is 6.92 Å². The van der Waals surface area contributed by atoms with E-state index in [1.807, 2.05) is 6.92 Å². The molecule has 0 bridgehead atoms. The predicted molar refractivity (Wildman–Crippen MR) is 107 cm³/mol. The first kappa shape index (κ1) is 19.8. The van der Waals surface area contributed by atoms with Crippen LogP contribution >= 0.6 is 23.5 Å². The molecule has 26 heavy (non-hydrogen) atoms. The summed E-state index contributed by atoms with van der Waals surface area (Å²) in [4.78, 5) is 12.9. The van der Waals surface area contributed by atoms with Gasteiger partial charge in [-0.1, -0.05) is 29.8 Å². The van der Waals surface area contributed by atoms with Crippen molar-refractivity contribution in [1.82, 2.24) is 4.31 Å². The number of ether oxygens (including phenoxy) is 1. The fourth-order valence-corrected chi connectivity index (χ4v) is 7.66. The van der Waals surface area contributed by atoms with Crippen LogP contribution in [-0.2, 0) is 19.6 Å². The predicted octanol–water partition coefficient (Wildman–Crippen LogP) is 3.06. The van der Waals surface area contributed by atoms with E-state index in [-0.39, 0.29) is 30.6 Å². The van der Waals surface area contributed by atoms with Gasteiger partial charge in [0.1, 0.15) is 6.61 Å². The topological polar surface area (TPSA) is 63.7 Å². The molecule has 5 nitrogen and oxygen atoms in total. The molecule has 0 amide bonds. The fourth-order valence-electron chi connectivity index (χ4n) is 2.99. The summed E-state index contributed by atoms with van der Waals surface area (Å²) in [6.07, 6.45) is 1.49. The number of rotatable bonds is 2. The third-order valence-corrected chi connectivity index (χ3v) is 9.49. The molecule has 2 aliphatic heterocycles. The SMILES string of the molecule is C=C1CN(S(=O)(=O)c2ccc(C)cc2)CCOC(=O)C2(C1)SCCCS2. The molecule has 3 rings (SSSR count). The third kappa shape index (κ3) is 4.13. The molecule has 8 heteroatoms. The van der Waals surface area contributed by atoms with E-state index in [2.05, 4.69) is 6.58 Å². The van der Waals surface area contributed by atoms with Crippen molar-refractivity contribution in [1.29, 1.82) is 0 Å². The molecule has 142 valence electrons. The zero-order chi connectivity index (χ0) is 18.8. The minimum atomic E-state index is -3.66. The van der Waals surface area contributed by atoms with E-state index in [0.717, 1.165) is 29.1 Å². The highest BCUT2D eigenvalue weighted by molar-refractivity contribution is 8.19. The monoisotopic (exact) mass is 413 g/mol. The van der Waals surface area contributed by atoms with Crippen molar-refractivity contribution in [2.45, 2.75) is 28.7 Å². The first-order valence-corrected chi connectivity index (χ1v) is 11.9. The van der Waals surface area contributed by atoms with Gasteiger partial charge in [-0.05, 0) is 37.0 Å². The van der Waals surface area contributed by atoms with E-state index in [1.165, 1.54) is 4.31 Å². The second kappa shape index (κ2) is 7.96. The van der Waals surface area contributed by atoms with Crippen LogP contribution in [0.4, 0.5) is 0 Å². The minimum absolute atomic E-state index is 0.0556. The molecule has 2 heterocycles. The van der Waals surface area contributed by atoms with Crippen LogP contribution in [0.2, 0.25) is 0 Å². The van der Waals surface area contributed by atoms with E-state index in [1.54, 1.807) is 47.8 Å². The number of nitrogens with zero attached hydrogens (tertiary/aromatic N) is 1. The van der Waals surface area contributed by atoms with Gasteiger partial charge in [0.05, 0.1) is 4.90 Å². The number of sulfonamides is 1. The number of benzene rings is 1. The summed E-state index contributed by atoms with van der Waals surface area (Å²) in [7, 11) is -3.66. The van der Waals surface area contributed by atoms with Gasteiger partial charge >= 0.3 is 5.97 Å². The van der Waals surface area contributed by atoms with Crippen LogP contribution in [0.25, 0.3) is 0 Å². The smallest absolute Gasteiger partial charge is 0.332 e. The van der Waals surface area contributed by atoms with Gasteiger partial charge in [0.25, 0.3) is 0 Å². The largest absolute Gasteiger partial charge is 0.463 e. The second-order valence-corrected chi connectivity index (χ2v) is 11.5. The minimum Gasteiger partial charge on any atom is -0.463 e. The third-order valence-electron chi connectivity index (χ3n) is 4.39. The molecule has 1 spiro atoms. The Morgan fingerprint density at radius 2 is 1.85 bits per heavy atom. The molecule has 2 fully saturated rings. The van der Waals surface area contributed by atoms with Crippen LogP contribution in [0.1, 0.15) is 18.4 Å². The van der Waals surface area contributed by atoms with Crippen LogP contribution in [0.3, 0.4) is 0 Å². The summed E-state index contributed by atoms with van der Waals surface area (Å²) in [6, 6.07) is 6.78. The highest BCUT2D eigenvalue weighted by atomic mass is 32.2. The summed E-state index contributed by atoms with van der Waals surface area (Å²) in [5.74, 6) is 1.55. The Kier molecular flexibility index (Phi) is 6.06. The Balaban J connectivity index is 1.84. The fraction of sp³-hybridized carbons (Fsp3) is 0.500. The lowest BCUT2D eigenvalue weighted by atomic mass is 10.1. The van der Waals surface area contributed by atoms with E-state index < -0.39 is 14.1 Å². The normalized spacial score (nSPS) is 22.3. The molecule has 1 aromatic carbocycles. The lowest BCUT2D eigenvalue weighted by Crippen LogP contribution is -2.37. The average Bonchev–Trinajstić information content (AvgIpc) is 2.66. The zero-order valence-corrected chi connectivity index (χ0v) is 17.2. The van der Waals surface area contributed by atoms with Crippen LogP contribution < -0.4 is 0 Å². The Labute approximate surface area is 163 Å². The second-order valence-electron chi connectivity index (χ2n) is 6.52. The van der Waals surface area contributed by atoms with Gasteiger partial charge in [0, 0.05) is 19.5 Å². The van der Waals surface area contributed by atoms with Crippen molar-refractivity contribution in [3.05, 3.63) is 42.0 Å². The Hall–Kier alpha value is -0.960. The van der Waals surface area contributed by atoms with Crippen molar-refractivity contribution >= 4 is 39.5 Å². The number of cyclic esters (lactones) is 1. The van der Waals surface area contributed by atoms with E-state index >= 15 is 0 Å². The van der Waals surface area contributed by atoms with Crippen LogP contribution in [0.5, 0.6) is 0 Å². The lowest BCUT2D eigenvalue weighted by molar-refractivity contribution is -0.143. The first-order valence-electron chi connectivity index (χ1n) is 8.52. The van der Waals surface area contributed by atoms with Crippen molar-refractivity contribution < 1.29 is 17.9 Å². The molecule has 1 aromatic rings. The van der Waals surface area contributed by atoms with E-state index in [0.29, 0.717) is 6.42 Å². The van der Waals surface area contributed by atoms with Crippen molar-refractivity contribution in [2.75, 3.05) is 31.2 Å². The summed E-state index contributed by atoms with van der Waals surface area (Å²) in [5, 5.41) is 0. The highest BCUT2D eigenvalue weighted by Crippen LogP contribution is 2.47. The summed E-state index contributed by atoms with van der Waals surface area (Å²) in [5.41, 5.74) is 1.74. The van der Waals surface area contributed by atoms with Gasteiger partial charge in [0.2, 0.25) is 10.0 Å². The van der Waals surface area contributed by atoms with Gasteiger partial charge < -0.3 is 4.74 Å². The average molecular weight is 414 g/mol. The quantitative estimate of drug-likeness (QED) is 0.548. The molecule has 2 saturated heterocycles.